The van der Waals surface area contributed by atoms with Crippen LogP contribution in [0.25, 0.3) is 0 Å². The van der Waals surface area contributed by atoms with Crippen molar-refractivity contribution in [1.29, 1.82) is 0 Å². The zero-order chi connectivity index (χ0) is 10.0. The summed E-state index contributed by atoms with van der Waals surface area (Å²) in [7, 11) is 0. The van der Waals surface area contributed by atoms with E-state index in [2.05, 4.69) is 5.10 Å². The van der Waals surface area contributed by atoms with Crippen molar-refractivity contribution in [2.24, 2.45) is 0 Å². The Bertz CT molecular complexity index is 322. The Morgan fingerprint density at radius 3 is 2.77 bits per heavy atom. The van der Waals surface area contributed by atoms with E-state index in [9.17, 15) is 13.6 Å². The first-order valence-electron chi connectivity index (χ1n) is 3.56. The maximum absolute atomic E-state index is 11.9. The molecule has 1 rings (SSSR count). The molecule has 0 spiro atoms. The van der Waals surface area contributed by atoms with Gasteiger partial charge >= 0.3 is 5.97 Å². The van der Waals surface area contributed by atoms with Crippen LogP contribution in [-0.2, 0) is 6.54 Å². The van der Waals surface area contributed by atoms with Crippen molar-refractivity contribution in [3.8, 4) is 0 Å². The largest absolute Gasteiger partial charge is 0.476 e. The van der Waals surface area contributed by atoms with Gasteiger partial charge in [-0.15, -0.1) is 0 Å². The van der Waals surface area contributed by atoms with Crippen molar-refractivity contribution in [3.05, 3.63) is 17.5 Å². The van der Waals surface area contributed by atoms with Gasteiger partial charge in [0.25, 0.3) is 6.43 Å². The molecule has 0 bridgehead atoms. The molecule has 0 aromatic carbocycles. The van der Waals surface area contributed by atoms with Crippen molar-refractivity contribution in [3.63, 3.8) is 0 Å². The molecular formula is C7H8F2N2O2. The van der Waals surface area contributed by atoms with E-state index in [0.717, 1.165) is 4.68 Å². The summed E-state index contributed by atoms with van der Waals surface area (Å²) in [5.41, 5.74) is 0.204. The minimum Gasteiger partial charge on any atom is -0.476 e. The first-order valence-corrected chi connectivity index (χ1v) is 3.56. The zero-order valence-electron chi connectivity index (χ0n) is 6.87. The van der Waals surface area contributed by atoms with Gasteiger partial charge < -0.3 is 5.11 Å². The van der Waals surface area contributed by atoms with Gasteiger partial charge in [0.05, 0.1) is 0 Å². The quantitative estimate of drug-likeness (QED) is 0.777. The van der Waals surface area contributed by atoms with Gasteiger partial charge in [-0.25, -0.2) is 13.6 Å². The van der Waals surface area contributed by atoms with Crippen LogP contribution >= 0.6 is 0 Å². The molecule has 6 heteroatoms. The Morgan fingerprint density at radius 2 is 2.38 bits per heavy atom. The fourth-order valence-electron chi connectivity index (χ4n) is 0.930. The third-order valence-corrected chi connectivity index (χ3v) is 1.51. The Hall–Kier alpha value is -1.46. The molecule has 0 amide bonds. The molecule has 0 saturated carbocycles. The molecule has 0 fully saturated rings. The van der Waals surface area contributed by atoms with E-state index >= 15 is 0 Å². The zero-order valence-corrected chi connectivity index (χ0v) is 6.87. The first kappa shape index (κ1) is 9.63. The van der Waals surface area contributed by atoms with Crippen LogP contribution in [0.2, 0.25) is 0 Å². The van der Waals surface area contributed by atoms with E-state index in [1.807, 2.05) is 0 Å². The number of carboxylic acids is 1. The van der Waals surface area contributed by atoms with E-state index in [4.69, 9.17) is 5.11 Å². The molecule has 1 aromatic rings. The average Bonchev–Trinajstić information content (AvgIpc) is 2.31. The minimum absolute atomic E-state index is 0.210. The molecular weight excluding hydrogens is 182 g/mol. The van der Waals surface area contributed by atoms with Crippen LogP contribution in [0.3, 0.4) is 0 Å². The molecule has 1 aromatic heterocycles. The van der Waals surface area contributed by atoms with Gasteiger partial charge in [0.1, 0.15) is 6.54 Å². The van der Waals surface area contributed by atoms with Crippen molar-refractivity contribution >= 4 is 5.97 Å². The van der Waals surface area contributed by atoms with Gasteiger partial charge in [-0.05, 0) is 13.0 Å². The van der Waals surface area contributed by atoms with Crippen molar-refractivity contribution in [2.45, 2.75) is 19.9 Å². The third kappa shape index (κ3) is 2.24. The lowest BCUT2D eigenvalue weighted by atomic mass is 10.4. The number of aryl methyl sites for hydroxylation is 1. The highest BCUT2D eigenvalue weighted by atomic mass is 19.3. The van der Waals surface area contributed by atoms with Gasteiger partial charge in [0, 0.05) is 5.69 Å². The minimum atomic E-state index is -2.53. The lowest BCUT2D eigenvalue weighted by Gasteiger charge is -2.01. The molecule has 13 heavy (non-hydrogen) atoms. The van der Waals surface area contributed by atoms with Crippen molar-refractivity contribution in [2.75, 3.05) is 0 Å². The number of halogens is 2. The molecule has 0 aliphatic heterocycles. The summed E-state index contributed by atoms with van der Waals surface area (Å²) in [5, 5.41) is 12.0. The molecule has 0 atom stereocenters. The second kappa shape index (κ2) is 3.51. The number of carboxylic acid groups (broad SMARTS) is 1. The SMILES string of the molecule is Cc1cc(C(=O)O)nn1CC(F)F. The monoisotopic (exact) mass is 190 g/mol. The van der Waals surface area contributed by atoms with Crippen LogP contribution in [0.5, 0.6) is 0 Å². The average molecular weight is 190 g/mol. The van der Waals surface area contributed by atoms with E-state index < -0.39 is 18.9 Å². The predicted molar refractivity (Wildman–Crippen MR) is 39.9 cm³/mol. The van der Waals surface area contributed by atoms with Crippen molar-refractivity contribution < 1.29 is 18.7 Å². The fourth-order valence-corrected chi connectivity index (χ4v) is 0.930. The number of hydrogen-bond donors (Lipinski definition) is 1. The second-order valence-electron chi connectivity index (χ2n) is 2.55. The predicted octanol–water partition coefficient (Wildman–Crippen LogP) is 1.15. The summed E-state index contributed by atoms with van der Waals surface area (Å²) in [4.78, 5) is 10.4. The third-order valence-electron chi connectivity index (χ3n) is 1.51. The maximum Gasteiger partial charge on any atom is 0.356 e. The van der Waals surface area contributed by atoms with Gasteiger partial charge in [-0.2, -0.15) is 5.10 Å². The number of rotatable bonds is 3. The molecule has 1 N–H and O–H groups in total. The summed E-state index contributed by atoms with van der Waals surface area (Å²) in [6.45, 7) is 0.959. The normalized spacial score (nSPS) is 10.8. The highest BCUT2D eigenvalue weighted by molar-refractivity contribution is 5.85. The van der Waals surface area contributed by atoms with Crippen molar-refractivity contribution in [1.82, 2.24) is 9.78 Å². The Balaban J connectivity index is 2.90. The Morgan fingerprint density at radius 1 is 1.77 bits per heavy atom. The summed E-state index contributed by atoms with van der Waals surface area (Å²) in [5.74, 6) is -1.21. The molecule has 0 aliphatic rings. The van der Waals surface area contributed by atoms with Gasteiger partial charge in [-0.3, -0.25) is 4.68 Å². The topological polar surface area (TPSA) is 55.1 Å². The first-order chi connectivity index (χ1) is 6.00. The van der Waals surface area contributed by atoms with Gasteiger partial charge in [-0.1, -0.05) is 0 Å². The molecule has 0 saturated heterocycles. The standard InChI is InChI=1S/C7H8F2N2O2/c1-4-2-5(7(12)13)10-11(4)3-6(8)9/h2,6H,3H2,1H3,(H,12,13). The Labute approximate surface area is 72.8 Å². The van der Waals surface area contributed by atoms with E-state index in [0.29, 0.717) is 5.69 Å². The summed E-state index contributed by atoms with van der Waals surface area (Å²) >= 11 is 0. The number of alkyl halides is 2. The molecule has 0 aliphatic carbocycles. The van der Waals surface area contributed by atoms with Crippen LogP contribution in [0.1, 0.15) is 16.2 Å². The molecule has 1 heterocycles. The number of aromatic carboxylic acids is 1. The highest BCUT2D eigenvalue weighted by Crippen LogP contribution is 2.06. The van der Waals surface area contributed by atoms with Gasteiger partial charge in [0.15, 0.2) is 5.69 Å². The van der Waals surface area contributed by atoms with E-state index in [1.165, 1.54) is 13.0 Å². The molecule has 0 radical (unpaired) electrons. The lowest BCUT2D eigenvalue weighted by Crippen LogP contribution is -2.10. The number of carbonyl (C=O) groups is 1. The Kier molecular flexibility index (Phi) is 2.60. The summed E-state index contributed by atoms with van der Waals surface area (Å²) in [6.07, 6.45) is -2.53. The van der Waals surface area contributed by atoms with Crippen LogP contribution < -0.4 is 0 Å². The molecule has 72 valence electrons. The number of nitrogens with zero attached hydrogens (tertiary/aromatic N) is 2. The summed E-state index contributed by atoms with van der Waals surface area (Å²) in [6, 6.07) is 1.25. The molecule has 4 nitrogen and oxygen atoms in total. The molecule has 0 unspecified atom stereocenters. The lowest BCUT2D eigenvalue weighted by molar-refractivity contribution is 0.0686. The van der Waals surface area contributed by atoms with Crippen LogP contribution in [-0.4, -0.2) is 27.3 Å². The number of hydrogen-bond acceptors (Lipinski definition) is 2. The highest BCUT2D eigenvalue weighted by Gasteiger charge is 2.13. The van der Waals surface area contributed by atoms with Crippen LogP contribution in [0, 0.1) is 6.92 Å². The van der Waals surface area contributed by atoms with E-state index in [-0.39, 0.29) is 5.69 Å². The summed E-state index contributed by atoms with van der Waals surface area (Å²) < 4.78 is 24.8. The fraction of sp³-hybridized carbons (Fsp3) is 0.429. The number of aromatic nitrogens is 2. The van der Waals surface area contributed by atoms with Crippen LogP contribution in [0.15, 0.2) is 6.07 Å². The van der Waals surface area contributed by atoms with E-state index in [1.54, 1.807) is 0 Å². The maximum atomic E-state index is 11.9. The van der Waals surface area contributed by atoms with Gasteiger partial charge in [0.2, 0.25) is 0 Å². The smallest absolute Gasteiger partial charge is 0.356 e. The van der Waals surface area contributed by atoms with Crippen LogP contribution in [0.4, 0.5) is 8.78 Å². The second-order valence-corrected chi connectivity index (χ2v) is 2.55.